The molecule has 0 spiro atoms. The second kappa shape index (κ2) is 9.21. The van der Waals surface area contributed by atoms with Crippen molar-refractivity contribution in [3.63, 3.8) is 0 Å². The summed E-state index contributed by atoms with van der Waals surface area (Å²) in [6, 6.07) is 11.0. The van der Waals surface area contributed by atoms with E-state index < -0.39 is 0 Å². The number of amides is 1. The van der Waals surface area contributed by atoms with Crippen LogP contribution in [0.25, 0.3) is 55.0 Å². The van der Waals surface area contributed by atoms with E-state index in [4.69, 9.17) is 0 Å². The Morgan fingerprint density at radius 2 is 1.92 bits per heavy atom. The van der Waals surface area contributed by atoms with Crippen molar-refractivity contribution in [3.8, 4) is 33.0 Å². The first-order chi connectivity index (χ1) is 17.9. The van der Waals surface area contributed by atoms with Crippen LogP contribution < -0.4 is 5.32 Å². The van der Waals surface area contributed by atoms with Crippen molar-refractivity contribution < 1.29 is 9.18 Å². The minimum atomic E-state index is -0.230. The molecule has 0 saturated carbocycles. The van der Waals surface area contributed by atoms with Crippen LogP contribution in [0.5, 0.6) is 0 Å². The lowest BCUT2D eigenvalue weighted by molar-refractivity contribution is -0.116. The summed E-state index contributed by atoms with van der Waals surface area (Å²) >= 11 is 1.10. The molecule has 0 aliphatic carbocycles. The minimum Gasteiger partial charge on any atom is -0.338 e. The maximum Gasteiger partial charge on any atom is 0.224 e. The highest BCUT2D eigenvalue weighted by atomic mass is 32.1. The fourth-order valence-corrected chi connectivity index (χ4v) is 5.12. The molecule has 37 heavy (non-hydrogen) atoms. The first kappa shape index (κ1) is 23.0. The molecule has 0 aromatic carbocycles. The average molecular weight is 512 g/mol. The summed E-state index contributed by atoms with van der Waals surface area (Å²) in [6.45, 7) is 4.01. The molecule has 6 aromatic heterocycles. The normalized spacial score (nSPS) is 11.6. The van der Waals surface area contributed by atoms with Gasteiger partial charge in [0.2, 0.25) is 5.91 Å². The van der Waals surface area contributed by atoms with Crippen molar-refractivity contribution in [2.75, 3.05) is 5.32 Å². The standard InChI is InChI=1S/C27H22FN7OS/c1-14(2)7-24(36)32-17-8-15(11-29-13-17)16-9-20-25(34-35-27(20)31-12-16)21-10-19-18(5-6-30-26(19)33-21)22-3-4-23(28)37-22/h3-6,8-14H,7H2,1-2H3,(H,30,33)(H,32,36)(H,31,34,35). The maximum atomic E-state index is 13.7. The van der Waals surface area contributed by atoms with Gasteiger partial charge in [0.1, 0.15) is 5.65 Å². The molecule has 8 nitrogen and oxygen atoms in total. The van der Waals surface area contributed by atoms with Crippen molar-refractivity contribution in [1.82, 2.24) is 30.1 Å². The van der Waals surface area contributed by atoms with E-state index in [2.05, 4.69) is 35.5 Å². The van der Waals surface area contributed by atoms with E-state index >= 15 is 0 Å². The number of aromatic nitrogens is 6. The van der Waals surface area contributed by atoms with Gasteiger partial charge in [-0.2, -0.15) is 9.49 Å². The molecule has 0 aliphatic heterocycles. The first-order valence-corrected chi connectivity index (χ1v) is 12.6. The lowest BCUT2D eigenvalue weighted by Crippen LogP contribution is -2.13. The summed E-state index contributed by atoms with van der Waals surface area (Å²) in [6.07, 6.45) is 7.25. The molecule has 0 unspecified atom stereocenters. The third-order valence-corrected chi connectivity index (χ3v) is 6.91. The molecule has 6 aromatic rings. The Morgan fingerprint density at radius 1 is 1.05 bits per heavy atom. The summed E-state index contributed by atoms with van der Waals surface area (Å²) in [5.74, 6) is 0.224. The van der Waals surface area contributed by atoms with Gasteiger partial charge in [0.25, 0.3) is 0 Å². The molecule has 0 fully saturated rings. The van der Waals surface area contributed by atoms with Gasteiger partial charge in [0, 0.05) is 57.4 Å². The molecule has 6 heterocycles. The number of thiophene rings is 1. The van der Waals surface area contributed by atoms with Crippen molar-refractivity contribution in [1.29, 1.82) is 0 Å². The van der Waals surface area contributed by atoms with E-state index in [-0.39, 0.29) is 17.0 Å². The number of carbonyl (C=O) groups excluding carboxylic acids is 1. The van der Waals surface area contributed by atoms with Crippen LogP contribution in [-0.4, -0.2) is 36.0 Å². The van der Waals surface area contributed by atoms with Crippen LogP contribution in [0.1, 0.15) is 20.3 Å². The van der Waals surface area contributed by atoms with Gasteiger partial charge < -0.3 is 10.3 Å². The lowest BCUT2D eigenvalue weighted by atomic mass is 10.1. The van der Waals surface area contributed by atoms with Gasteiger partial charge in [-0.1, -0.05) is 13.8 Å². The quantitative estimate of drug-likeness (QED) is 0.239. The van der Waals surface area contributed by atoms with E-state index in [0.29, 0.717) is 23.4 Å². The summed E-state index contributed by atoms with van der Waals surface area (Å²) < 4.78 is 13.7. The molecule has 0 saturated heterocycles. The number of carbonyl (C=O) groups is 1. The molecule has 3 N–H and O–H groups in total. The number of aromatic amines is 2. The third kappa shape index (κ3) is 4.47. The number of fused-ring (bicyclic) bond motifs is 2. The molecule has 0 aliphatic rings. The minimum absolute atomic E-state index is 0.0447. The van der Waals surface area contributed by atoms with E-state index in [0.717, 1.165) is 55.1 Å². The van der Waals surface area contributed by atoms with Gasteiger partial charge in [-0.15, -0.1) is 11.3 Å². The van der Waals surface area contributed by atoms with Gasteiger partial charge in [0.05, 0.1) is 23.3 Å². The average Bonchev–Trinajstić information content (AvgIpc) is 3.60. The number of anilines is 1. The van der Waals surface area contributed by atoms with Crippen LogP contribution in [-0.2, 0) is 4.79 Å². The molecule has 0 atom stereocenters. The Hall–Kier alpha value is -4.44. The van der Waals surface area contributed by atoms with Crippen LogP contribution in [0, 0.1) is 11.0 Å². The highest BCUT2D eigenvalue weighted by molar-refractivity contribution is 7.14. The number of rotatable bonds is 6. The second-order valence-corrected chi connectivity index (χ2v) is 10.2. The largest absolute Gasteiger partial charge is 0.338 e. The fraction of sp³-hybridized carbons (Fsp3) is 0.148. The molecule has 10 heteroatoms. The van der Waals surface area contributed by atoms with Crippen molar-refractivity contribution in [2.45, 2.75) is 20.3 Å². The second-order valence-electron chi connectivity index (χ2n) is 9.21. The van der Waals surface area contributed by atoms with Crippen LogP contribution in [0.2, 0.25) is 0 Å². The predicted molar refractivity (Wildman–Crippen MR) is 144 cm³/mol. The first-order valence-electron chi connectivity index (χ1n) is 11.8. The van der Waals surface area contributed by atoms with Gasteiger partial charge >= 0.3 is 0 Å². The zero-order valence-corrected chi connectivity index (χ0v) is 20.9. The number of nitrogens with one attached hydrogen (secondary N) is 3. The van der Waals surface area contributed by atoms with Crippen LogP contribution in [0.3, 0.4) is 0 Å². The smallest absolute Gasteiger partial charge is 0.224 e. The van der Waals surface area contributed by atoms with E-state index in [9.17, 15) is 9.18 Å². The maximum absolute atomic E-state index is 13.7. The SMILES string of the molecule is CC(C)CC(=O)Nc1cncc(-c2cnc3n[nH]c(-c4cc5c(-c6ccc(F)s6)ccnc5[nH]4)c3c2)c1. The van der Waals surface area contributed by atoms with Crippen molar-refractivity contribution in [3.05, 3.63) is 66.3 Å². The zero-order chi connectivity index (χ0) is 25.5. The molecule has 0 bridgehead atoms. The van der Waals surface area contributed by atoms with Crippen molar-refractivity contribution in [2.24, 2.45) is 5.92 Å². The lowest BCUT2D eigenvalue weighted by Gasteiger charge is -2.08. The van der Waals surface area contributed by atoms with Gasteiger partial charge in [-0.3, -0.25) is 14.9 Å². The Morgan fingerprint density at radius 3 is 2.73 bits per heavy atom. The Labute approximate surface area is 215 Å². The Kier molecular flexibility index (Phi) is 5.72. The van der Waals surface area contributed by atoms with E-state index in [1.165, 1.54) is 6.07 Å². The molecular weight excluding hydrogens is 489 g/mol. The number of H-pyrrole nitrogens is 2. The van der Waals surface area contributed by atoms with Gasteiger partial charge in [-0.05, 0) is 42.3 Å². The molecule has 6 rings (SSSR count). The number of halogens is 1. The van der Waals surface area contributed by atoms with Crippen LogP contribution >= 0.6 is 11.3 Å². The van der Waals surface area contributed by atoms with Gasteiger partial charge in [0.15, 0.2) is 10.8 Å². The van der Waals surface area contributed by atoms with Crippen molar-refractivity contribution >= 4 is 45.0 Å². The monoisotopic (exact) mass is 511 g/mol. The molecule has 1 amide bonds. The Bertz CT molecular complexity index is 1770. The fourth-order valence-electron chi connectivity index (χ4n) is 4.35. The van der Waals surface area contributed by atoms with E-state index in [1.54, 1.807) is 30.9 Å². The highest BCUT2D eigenvalue weighted by Crippen LogP contribution is 2.36. The summed E-state index contributed by atoms with van der Waals surface area (Å²) in [4.78, 5) is 29.7. The number of hydrogen-bond donors (Lipinski definition) is 3. The van der Waals surface area contributed by atoms with Gasteiger partial charge in [-0.25, -0.2) is 9.97 Å². The molecular formula is C27H22FN7OS. The van der Waals surface area contributed by atoms with E-state index in [1.807, 2.05) is 38.1 Å². The van der Waals surface area contributed by atoms with Crippen LogP contribution in [0.15, 0.2) is 61.2 Å². The molecule has 184 valence electrons. The number of hydrogen-bond acceptors (Lipinski definition) is 6. The number of pyridine rings is 3. The topological polar surface area (TPSA) is 112 Å². The zero-order valence-electron chi connectivity index (χ0n) is 20.0. The highest BCUT2D eigenvalue weighted by Gasteiger charge is 2.16. The molecule has 0 radical (unpaired) electrons. The number of nitrogens with zero attached hydrogens (tertiary/aromatic N) is 4. The van der Waals surface area contributed by atoms with Crippen LogP contribution in [0.4, 0.5) is 10.1 Å². The summed E-state index contributed by atoms with van der Waals surface area (Å²) in [7, 11) is 0. The Balaban J connectivity index is 1.38. The summed E-state index contributed by atoms with van der Waals surface area (Å²) in [5.41, 5.74) is 6.03. The predicted octanol–water partition coefficient (Wildman–Crippen LogP) is 6.42. The summed E-state index contributed by atoms with van der Waals surface area (Å²) in [5, 5.41) is 11.9. The third-order valence-electron chi connectivity index (χ3n) is 6.00.